The van der Waals surface area contributed by atoms with Crippen molar-refractivity contribution < 1.29 is 9.32 Å². The summed E-state index contributed by atoms with van der Waals surface area (Å²) in [6.45, 7) is 5.61. The standard InChI is InChI=1S/C18H24N4O2.ClH/c1-17(2,3)16(23)20-13-9-5-4-8-12(13)14-21-15(22-24-14)18(19)10-6-7-11-18;/h4-5,8-9H,6-7,10-11,19H2,1-3H3,(H,20,23);1H. The molecule has 1 fully saturated rings. The topological polar surface area (TPSA) is 94.0 Å². The van der Waals surface area contributed by atoms with Crippen molar-refractivity contribution in [2.45, 2.75) is 52.0 Å². The Balaban J connectivity index is 0.00000225. The van der Waals surface area contributed by atoms with Gasteiger partial charge in [-0.05, 0) is 25.0 Å². The fourth-order valence-corrected chi connectivity index (χ4v) is 2.85. The van der Waals surface area contributed by atoms with Gasteiger partial charge in [-0.15, -0.1) is 12.4 Å². The predicted molar refractivity (Wildman–Crippen MR) is 99.4 cm³/mol. The van der Waals surface area contributed by atoms with Crippen molar-refractivity contribution in [3.8, 4) is 11.5 Å². The molecule has 1 saturated carbocycles. The van der Waals surface area contributed by atoms with Gasteiger partial charge in [0.05, 0.1) is 16.8 Å². The van der Waals surface area contributed by atoms with Gasteiger partial charge in [0.2, 0.25) is 5.91 Å². The lowest BCUT2D eigenvalue weighted by Gasteiger charge is -2.19. The third-order valence-corrected chi connectivity index (χ3v) is 4.45. The van der Waals surface area contributed by atoms with Gasteiger partial charge in [-0.2, -0.15) is 4.98 Å². The smallest absolute Gasteiger partial charge is 0.260 e. The molecule has 3 N–H and O–H groups in total. The van der Waals surface area contributed by atoms with Gasteiger partial charge in [-0.3, -0.25) is 4.79 Å². The van der Waals surface area contributed by atoms with Gasteiger partial charge in [0.1, 0.15) is 0 Å². The molecule has 1 aromatic heterocycles. The van der Waals surface area contributed by atoms with Crippen LogP contribution in [-0.4, -0.2) is 16.0 Å². The molecule has 0 radical (unpaired) electrons. The number of anilines is 1. The first-order valence-electron chi connectivity index (χ1n) is 8.33. The largest absolute Gasteiger partial charge is 0.334 e. The molecule has 1 aliphatic carbocycles. The number of hydrogen-bond acceptors (Lipinski definition) is 5. The number of amides is 1. The van der Waals surface area contributed by atoms with Crippen molar-refractivity contribution in [1.82, 2.24) is 10.1 Å². The molecular weight excluding hydrogens is 340 g/mol. The average molecular weight is 365 g/mol. The maximum Gasteiger partial charge on any atom is 0.260 e. The van der Waals surface area contributed by atoms with Crippen LogP contribution in [-0.2, 0) is 10.3 Å². The SMILES string of the molecule is CC(C)(C)C(=O)Nc1ccccc1-c1nc(C2(N)CCCC2)no1.Cl. The molecule has 7 heteroatoms. The van der Waals surface area contributed by atoms with E-state index >= 15 is 0 Å². The molecule has 1 aliphatic rings. The van der Waals surface area contributed by atoms with Crippen LogP contribution < -0.4 is 11.1 Å². The Labute approximate surface area is 154 Å². The fraction of sp³-hybridized carbons (Fsp3) is 0.500. The molecule has 136 valence electrons. The number of benzene rings is 1. The van der Waals surface area contributed by atoms with Gasteiger partial charge in [-0.1, -0.05) is 50.9 Å². The van der Waals surface area contributed by atoms with E-state index in [1.165, 1.54) is 0 Å². The lowest BCUT2D eigenvalue weighted by atomic mass is 9.95. The van der Waals surface area contributed by atoms with Gasteiger partial charge in [0, 0.05) is 5.41 Å². The van der Waals surface area contributed by atoms with Crippen LogP contribution in [0.2, 0.25) is 0 Å². The lowest BCUT2D eigenvalue weighted by molar-refractivity contribution is -0.123. The normalized spacial score (nSPS) is 16.3. The lowest BCUT2D eigenvalue weighted by Crippen LogP contribution is -2.34. The zero-order valence-corrected chi connectivity index (χ0v) is 15.7. The van der Waals surface area contributed by atoms with Crippen molar-refractivity contribution in [3.63, 3.8) is 0 Å². The van der Waals surface area contributed by atoms with E-state index in [1.807, 2.05) is 45.0 Å². The van der Waals surface area contributed by atoms with E-state index in [-0.39, 0.29) is 18.3 Å². The zero-order valence-electron chi connectivity index (χ0n) is 14.8. The maximum atomic E-state index is 12.3. The molecule has 1 amide bonds. The summed E-state index contributed by atoms with van der Waals surface area (Å²) in [7, 11) is 0. The Morgan fingerprint density at radius 1 is 1.24 bits per heavy atom. The monoisotopic (exact) mass is 364 g/mol. The number of carbonyl (C=O) groups excluding carboxylic acids is 1. The summed E-state index contributed by atoms with van der Waals surface area (Å²) in [5.41, 5.74) is 6.77. The highest BCUT2D eigenvalue weighted by Gasteiger charge is 2.36. The second-order valence-corrected chi connectivity index (χ2v) is 7.54. The van der Waals surface area contributed by atoms with Gasteiger partial charge < -0.3 is 15.6 Å². The van der Waals surface area contributed by atoms with Crippen molar-refractivity contribution in [2.24, 2.45) is 11.1 Å². The van der Waals surface area contributed by atoms with E-state index < -0.39 is 11.0 Å². The maximum absolute atomic E-state index is 12.3. The molecule has 0 atom stereocenters. The van der Waals surface area contributed by atoms with Crippen LogP contribution in [0.25, 0.3) is 11.5 Å². The summed E-state index contributed by atoms with van der Waals surface area (Å²) in [4.78, 5) is 16.8. The summed E-state index contributed by atoms with van der Waals surface area (Å²) >= 11 is 0. The van der Waals surface area contributed by atoms with Crippen LogP contribution in [0.15, 0.2) is 28.8 Å². The minimum absolute atomic E-state index is 0. The van der Waals surface area contributed by atoms with Crippen LogP contribution in [0.5, 0.6) is 0 Å². The number of rotatable bonds is 3. The molecule has 3 rings (SSSR count). The molecule has 0 saturated heterocycles. The highest BCUT2D eigenvalue weighted by atomic mass is 35.5. The van der Waals surface area contributed by atoms with Crippen molar-refractivity contribution in [2.75, 3.05) is 5.32 Å². The van der Waals surface area contributed by atoms with E-state index in [0.717, 1.165) is 25.7 Å². The number of nitrogens with one attached hydrogen (secondary N) is 1. The Hall–Kier alpha value is -1.92. The van der Waals surface area contributed by atoms with Gasteiger partial charge in [0.15, 0.2) is 5.82 Å². The van der Waals surface area contributed by atoms with E-state index in [0.29, 0.717) is 23.0 Å². The van der Waals surface area contributed by atoms with Crippen molar-refractivity contribution >= 4 is 24.0 Å². The Morgan fingerprint density at radius 2 is 1.88 bits per heavy atom. The van der Waals surface area contributed by atoms with Crippen molar-refractivity contribution in [1.29, 1.82) is 0 Å². The molecule has 25 heavy (non-hydrogen) atoms. The molecule has 0 unspecified atom stereocenters. The molecule has 0 spiro atoms. The van der Waals surface area contributed by atoms with Gasteiger partial charge in [0.25, 0.3) is 5.89 Å². The number of carbonyl (C=O) groups is 1. The van der Waals surface area contributed by atoms with Crippen LogP contribution in [0, 0.1) is 5.41 Å². The summed E-state index contributed by atoms with van der Waals surface area (Å²) in [6.07, 6.45) is 3.90. The molecule has 1 aromatic carbocycles. The number of nitrogens with zero attached hydrogens (tertiary/aromatic N) is 2. The highest BCUT2D eigenvalue weighted by Crippen LogP contribution is 2.36. The van der Waals surface area contributed by atoms with Gasteiger partial charge >= 0.3 is 0 Å². The molecule has 6 nitrogen and oxygen atoms in total. The summed E-state index contributed by atoms with van der Waals surface area (Å²) in [5.74, 6) is 0.860. The van der Waals surface area contributed by atoms with Crippen LogP contribution >= 0.6 is 12.4 Å². The third-order valence-electron chi connectivity index (χ3n) is 4.45. The summed E-state index contributed by atoms with van der Waals surface area (Å²) < 4.78 is 5.44. The second-order valence-electron chi connectivity index (χ2n) is 7.54. The van der Waals surface area contributed by atoms with Crippen LogP contribution in [0.4, 0.5) is 5.69 Å². The first kappa shape index (κ1) is 19.4. The second kappa shape index (κ2) is 7.14. The number of halogens is 1. The molecule has 0 aliphatic heterocycles. The van der Waals surface area contributed by atoms with Crippen LogP contribution in [0.3, 0.4) is 0 Å². The Morgan fingerprint density at radius 3 is 2.52 bits per heavy atom. The first-order chi connectivity index (χ1) is 11.3. The van der Waals surface area contributed by atoms with E-state index in [4.69, 9.17) is 10.3 Å². The predicted octanol–water partition coefficient (Wildman–Crippen LogP) is 3.87. The minimum atomic E-state index is -0.495. The highest BCUT2D eigenvalue weighted by molar-refractivity contribution is 5.97. The number of aromatic nitrogens is 2. The Bertz CT molecular complexity index is 746. The first-order valence-corrected chi connectivity index (χ1v) is 8.33. The van der Waals surface area contributed by atoms with E-state index in [1.54, 1.807) is 0 Å². The molecular formula is C18H25ClN4O2. The fourth-order valence-electron chi connectivity index (χ4n) is 2.85. The average Bonchev–Trinajstić information content (AvgIpc) is 3.17. The van der Waals surface area contributed by atoms with Gasteiger partial charge in [-0.25, -0.2) is 0 Å². The summed E-state index contributed by atoms with van der Waals surface area (Å²) in [5, 5.41) is 7.03. The van der Waals surface area contributed by atoms with Crippen molar-refractivity contribution in [3.05, 3.63) is 30.1 Å². The summed E-state index contributed by atoms with van der Waals surface area (Å²) in [6, 6.07) is 7.42. The van der Waals surface area contributed by atoms with Crippen LogP contribution in [0.1, 0.15) is 52.3 Å². The molecule has 2 aromatic rings. The minimum Gasteiger partial charge on any atom is -0.334 e. The zero-order chi connectivity index (χ0) is 17.4. The molecule has 0 bridgehead atoms. The van der Waals surface area contributed by atoms with E-state index in [2.05, 4.69) is 15.5 Å². The quantitative estimate of drug-likeness (QED) is 0.862. The number of hydrogen-bond donors (Lipinski definition) is 2. The Kier molecular flexibility index (Phi) is 5.54. The number of nitrogens with two attached hydrogens (primary N) is 1. The van der Waals surface area contributed by atoms with E-state index in [9.17, 15) is 4.79 Å². The third kappa shape index (κ3) is 4.02. The molecule has 1 heterocycles. The number of para-hydroxylation sites is 1.